The van der Waals surface area contributed by atoms with Crippen molar-refractivity contribution in [3.8, 4) is 0 Å². The van der Waals surface area contributed by atoms with Crippen molar-refractivity contribution in [1.29, 1.82) is 0 Å². The minimum absolute atomic E-state index is 0.321. The molecule has 1 atom stereocenters. The predicted molar refractivity (Wildman–Crippen MR) is 53.2 cm³/mol. The Hall–Kier alpha value is 0.290. The number of unbranched alkanes of at least 4 members (excludes halogenated alkanes) is 1. The fraction of sp³-hybridized carbons (Fsp3) is 1.00. The lowest BCUT2D eigenvalue weighted by atomic mass is 9.83. The fourth-order valence-corrected chi connectivity index (χ4v) is 1.94. The van der Waals surface area contributed by atoms with Gasteiger partial charge >= 0.3 is 0 Å². The lowest BCUT2D eigenvalue weighted by Gasteiger charge is -2.25. The molecule has 0 aromatic carbocycles. The zero-order valence-corrected chi connectivity index (χ0v) is 9.04. The second kappa shape index (κ2) is 5.03. The lowest BCUT2D eigenvalue weighted by Crippen LogP contribution is -2.15. The zero-order chi connectivity index (χ0) is 8.91. The van der Waals surface area contributed by atoms with E-state index in [1.807, 2.05) is 0 Å². The summed E-state index contributed by atoms with van der Waals surface area (Å²) in [6, 6.07) is 0. The zero-order valence-electron chi connectivity index (χ0n) is 8.28. The molecule has 68 valence electrons. The molecule has 0 heterocycles. The smallest absolute Gasteiger partial charge is 0.0312 e. The van der Waals surface area contributed by atoms with Crippen molar-refractivity contribution in [2.45, 2.75) is 58.8 Å². The van der Waals surface area contributed by atoms with Crippen molar-refractivity contribution in [2.24, 2.45) is 5.41 Å². The molecule has 0 aromatic heterocycles. The van der Waals surface area contributed by atoms with Crippen molar-refractivity contribution in [3.63, 3.8) is 0 Å². The SMILES string of the molecule is CCCCC(C)(C)CC(C)Cl. The monoisotopic (exact) mass is 176 g/mol. The van der Waals surface area contributed by atoms with Gasteiger partial charge in [0.15, 0.2) is 0 Å². The summed E-state index contributed by atoms with van der Waals surface area (Å²) in [5.41, 5.74) is 0.442. The van der Waals surface area contributed by atoms with E-state index < -0.39 is 0 Å². The predicted octanol–water partition coefficient (Wildman–Crippen LogP) is 4.22. The van der Waals surface area contributed by atoms with Crippen molar-refractivity contribution in [3.05, 3.63) is 0 Å². The first-order valence-electron chi connectivity index (χ1n) is 4.62. The van der Waals surface area contributed by atoms with E-state index in [4.69, 9.17) is 11.6 Å². The van der Waals surface area contributed by atoms with Gasteiger partial charge in [0.05, 0.1) is 0 Å². The van der Waals surface area contributed by atoms with Crippen LogP contribution in [0, 0.1) is 5.41 Å². The lowest BCUT2D eigenvalue weighted by molar-refractivity contribution is 0.297. The van der Waals surface area contributed by atoms with E-state index in [9.17, 15) is 0 Å². The molecule has 0 aliphatic heterocycles. The molecule has 0 fully saturated rings. The summed E-state index contributed by atoms with van der Waals surface area (Å²) < 4.78 is 0. The molecule has 0 aliphatic carbocycles. The highest BCUT2D eigenvalue weighted by atomic mass is 35.5. The van der Waals surface area contributed by atoms with Crippen LogP contribution in [0.3, 0.4) is 0 Å². The summed E-state index contributed by atoms with van der Waals surface area (Å²) in [5, 5.41) is 0.321. The second-order valence-electron chi connectivity index (χ2n) is 4.25. The average Bonchev–Trinajstić information content (AvgIpc) is 1.81. The molecule has 0 rings (SSSR count). The Labute approximate surface area is 76.3 Å². The first-order valence-corrected chi connectivity index (χ1v) is 5.05. The van der Waals surface area contributed by atoms with E-state index in [1.165, 1.54) is 19.3 Å². The minimum atomic E-state index is 0.321. The minimum Gasteiger partial charge on any atom is -0.123 e. The van der Waals surface area contributed by atoms with Gasteiger partial charge in [-0.2, -0.15) is 0 Å². The Kier molecular flexibility index (Phi) is 5.16. The molecular formula is C10H21Cl. The maximum Gasteiger partial charge on any atom is 0.0312 e. The fourth-order valence-electron chi connectivity index (χ4n) is 1.52. The first kappa shape index (κ1) is 11.3. The highest BCUT2D eigenvalue weighted by molar-refractivity contribution is 6.20. The highest BCUT2D eigenvalue weighted by Crippen LogP contribution is 2.30. The topological polar surface area (TPSA) is 0 Å². The van der Waals surface area contributed by atoms with Crippen LogP contribution < -0.4 is 0 Å². The van der Waals surface area contributed by atoms with Gasteiger partial charge in [-0.25, -0.2) is 0 Å². The van der Waals surface area contributed by atoms with E-state index in [0.29, 0.717) is 10.8 Å². The van der Waals surface area contributed by atoms with Gasteiger partial charge in [0.25, 0.3) is 0 Å². The van der Waals surface area contributed by atoms with Crippen LogP contribution in [0.15, 0.2) is 0 Å². The van der Waals surface area contributed by atoms with Crippen molar-refractivity contribution >= 4 is 11.6 Å². The van der Waals surface area contributed by atoms with E-state index >= 15 is 0 Å². The molecule has 1 unspecified atom stereocenters. The standard InChI is InChI=1S/C10H21Cl/c1-5-6-7-10(3,4)8-9(2)11/h9H,5-8H2,1-4H3. The number of hydrogen-bond acceptors (Lipinski definition) is 0. The molecular weight excluding hydrogens is 156 g/mol. The van der Waals surface area contributed by atoms with Crippen LogP contribution in [0.5, 0.6) is 0 Å². The van der Waals surface area contributed by atoms with Crippen LogP contribution in [-0.2, 0) is 0 Å². The maximum atomic E-state index is 5.94. The number of halogens is 1. The maximum absolute atomic E-state index is 5.94. The molecule has 0 aliphatic rings. The van der Waals surface area contributed by atoms with Crippen molar-refractivity contribution < 1.29 is 0 Å². The van der Waals surface area contributed by atoms with E-state index in [0.717, 1.165) is 6.42 Å². The summed E-state index contributed by atoms with van der Waals surface area (Å²) >= 11 is 5.94. The van der Waals surface area contributed by atoms with E-state index in [1.54, 1.807) is 0 Å². The number of hydrogen-bond donors (Lipinski definition) is 0. The van der Waals surface area contributed by atoms with E-state index in [-0.39, 0.29) is 0 Å². The van der Waals surface area contributed by atoms with Crippen LogP contribution in [0.2, 0.25) is 0 Å². The molecule has 11 heavy (non-hydrogen) atoms. The Balaban J connectivity index is 3.61. The van der Waals surface area contributed by atoms with Crippen LogP contribution in [0.1, 0.15) is 53.4 Å². The average molecular weight is 177 g/mol. The van der Waals surface area contributed by atoms with Crippen LogP contribution in [0.4, 0.5) is 0 Å². The Morgan fingerprint density at radius 2 is 1.91 bits per heavy atom. The van der Waals surface area contributed by atoms with Crippen LogP contribution >= 0.6 is 11.6 Å². The summed E-state index contributed by atoms with van der Waals surface area (Å²) in [6.07, 6.45) is 5.06. The summed E-state index contributed by atoms with van der Waals surface area (Å²) in [6.45, 7) is 8.93. The molecule has 0 saturated carbocycles. The van der Waals surface area contributed by atoms with Crippen molar-refractivity contribution in [2.75, 3.05) is 0 Å². The summed E-state index contributed by atoms with van der Waals surface area (Å²) in [5.74, 6) is 0. The van der Waals surface area contributed by atoms with Gasteiger partial charge in [0.2, 0.25) is 0 Å². The molecule has 0 aromatic rings. The summed E-state index contributed by atoms with van der Waals surface area (Å²) in [7, 11) is 0. The molecule has 0 nitrogen and oxygen atoms in total. The third kappa shape index (κ3) is 6.68. The van der Waals surface area contributed by atoms with Gasteiger partial charge in [0.1, 0.15) is 0 Å². The second-order valence-corrected chi connectivity index (χ2v) is 5.00. The Morgan fingerprint density at radius 1 is 1.36 bits per heavy atom. The molecule has 0 N–H and O–H groups in total. The Bertz CT molecular complexity index is 95.0. The third-order valence-corrected chi connectivity index (χ3v) is 2.20. The third-order valence-electron chi connectivity index (χ3n) is 2.04. The van der Waals surface area contributed by atoms with Crippen molar-refractivity contribution in [1.82, 2.24) is 0 Å². The normalized spacial score (nSPS) is 15.0. The highest BCUT2D eigenvalue weighted by Gasteiger charge is 2.18. The Morgan fingerprint density at radius 3 is 2.27 bits per heavy atom. The molecule has 0 radical (unpaired) electrons. The van der Waals surface area contributed by atoms with Gasteiger partial charge in [-0.1, -0.05) is 33.6 Å². The first-order chi connectivity index (χ1) is 4.98. The van der Waals surface area contributed by atoms with Gasteiger partial charge < -0.3 is 0 Å². The van der Waals surface area contributed by atoms with Crippen LogP contribution in [0.25, 0.3) is 0 Å². The molecule has 0 bridgehead atoms. The van der Waals surface area contributed by atoms with Crippen LogP contribution in [-0.4, -0.2) is 5.38 Å². The largest absolute Gasteiger partial charge is 0.123 e. The number of rotatable bonds is 5. The number of alkyl halides is 1. The molecule has 0 spiro atoms. The molecule has 0 amide bonds. The van der Waals surface area contributed by atoms with Gasteiger partial charge in [0, 0.05) is 5.38 Å². The van der Waals surface area contributed by atoms with Gasteiger partial charge in [-0.05, 0) is 25.2 Å². The quantitative estimate of drug-likeness (QED) is 0.551. The molecule has 0 saturated heterocycles. The van der Waals surface area contributed by atoms with Gasteiger partial charge in [-0.15, -0.1) is 11.6 Å². The molecule has 1 heteroatoms. The van der Waals surface area contributed by atoms with Gasteiger partial charge in [-0.3, -0.25) is 0 Å². The summed E-state index contributed by atoms with van der Waals surface area (Å²) in [4.78, 5) is 0. The van der Waals surface area contributed by atoms with E-state index in [2.05, 4.69) is 27.7 Å².